The van der Waals surface area contributed by atoms with Crippen LogP contribution in [-0.4, -0.2) is 49.3 Å². The highest BCUT2D eigenvalue weighted by Crippen LogP contribution is 2.20. The minimum absolute atomic E-state index is 0.00840. The van der Waals surface area contributed by atoms with E-state index in [0.717, 1.165) is 0 Å². The summed E-state index contributed by atoms with van der Waals surface area (Å²) in [4.78, 5) is 23.7. The van der Waals surface area contributed by atoms with Crippen molar-refractivity contribution in [3.05, 3.63) is 29.3 Å². The van der Waals surface area contributed by atoms with Crippen molar-refractivity contribution in [3.63, 3.8) is 0 Å². The summed E-state index contributed by atoms with van der Waals surface area (Å²) >= 11 is 0. The number of hydrogen-bond donors (Lipinski definition) is 2. The minimum atomic E-state index is -3.67. The topological polar surface area (TPSA) is 104 Å². The molecular formula is C18H28N2O5S. The molecule has 1 unspecified atom stereocenters. The third-order valence-electron chi connectivity index (χ3n) is 4.29. The Labute approximate surface area is 155 Å². The fourth-order valence-corrected chi connectivity index (χ4v) is 4.18. The highest BCUT2D eigenvalue weighted by molar-refractivity contribution is 7.89. The number of sulfonamides is 1. The summed E-state index contributed by atoms with van der Waals surface area (Å²) in [5.41, 5.74) is 0.863. The van der Waals surface area contributed by atoms with Gasteiger partial charge in [-0.25, -0.2) is 8.42 Å². The number of aliphatic carboxylic acids is 1. The molecule has 0 saturated carbocycles. The number of carboxylic acid groups (broad SMARTS) is 1. The third kappa shape index (κ3) is 5.28. The highest BCUT2D eigenvalue weighted by Gasteiger charge is 2.24. The van der Waals surface area contributed by atoms with Gasteiger partial charge in [-0.05, 0) is 31.0 Å². The first-order valence-electron chi connectivity index (χ1n) is 8.80. The average Bonchev–Trinajstić information content (AvgIpc) is 2.59. The van der Waals surface area contributed by atoms with E-state index in [1.807, 2.05) is 6.92 Å². The van der Waals surface area contributed by atoms with Gasteiger partial charge in [-0.2, -0.15) is 4.31 Å². The second-order valence-electron chi connectivity index (χ2n) is 6.10. The molecule has 0 spiro atoms. The largest absolute Gasteiger partial charge is 0.481 e. The number of aryl methyl sites for hydroxylation is 1. The van der Waals surface area contributed by atoms with E-state index in [-0.39, 0.29) is 17.0 Å². The van der Waals surface area contributed by atoms with Crippen LogP contribution in [0.25, 0.3) is 0 Å². The van der Waals surface area contributed by atoms with Gasteiger partial charge in [0.2, 0.25) is 10.0 Å². The molecule has 0 aliphatic heterocycles. The summed E-state index contributed by atoms with van der Waals surface area (Å²) in [7, 11) is -3.67. The van der Waals surface area contributed by atoms with E-state index < -0.39 is 27.8 Å². The molecule has 0 fully saturated rings. The fourth-order valence-electron chi connectivity index (χ4n) is 2.69. The maximum absolute atomic E-state index is 12.6. The van der Waals surface area contributed by atoms with Crippen molar-refractivity contribution in [1.29, 1.82) is 0 Å². The van der Waals surface area contributed by atoms with Gasteiger partial charge in [0.05, 0.1) is 10.8 Å². The van der Waals surface area contributed by atoms with Gasteiger partial charge in [0, 0.05) is 25.2 Å². The monoisotopic (exact) mass is 384 g/mol. The van der Waals surface area contributed by atoms with E-state index in [2.05, 4.69) is 5.32 Å². The predicted molar refractivity (Wildman–Crippen MR) is 99.7 cm³/mol. The molecule has 0 radical (unpaired) electrons. The molecular weight excluding hydrogens is 356 g/mol. The molecule has 7 nitrogen and oxygen atoms in total. The first kappa shape index (κ1) is 22.1. The smallest absolute Gasteiger partial charge is 0.308 e. The molecule has 0 heterocycles. The second-order valence-corrected chi connectivity index (χ2v) is 8.04. The van der Waals surface area contributed by atoms with Gasteiger partial charge >= 0.3 is 5.97 Å². The Balaban J connectivity index is 3.07. The van der Waals surface area contributed by atoms with E-state index >= 15 is 0 Å². The Hall–Kier alpha value is -1.93. The van der Waals surface area contributed by atoms with E-state index in [9.17, 15) is 23.1 Å². The SMILES string of the molecule is CCCC(CNC(=O)c1cc(S(=O)(=O)N(CC)CC)ccc1C)C(=O)O. The summed E-state index contributed by atoms with van der Waals surface area (Å²) in [6.45, 7) is 7.78. The van der Waals surface area contributed by atoms with Gasteiger partial charge in [0.25, 0.3) is 5.91 Å². The number of carbonyl (C=O) groups excluding carboxylic acids is 1. The third-order valence-corrected chi connectivity index (χ3v) is 6.34. The average molecular weight is 384 g/mol. The molecule has 26 heavy (non-hydrogen) atoms. The van der Waals surface area contributed by atoms with Gasteiger partial charge in [0.1, 0.15) is 0 Å². The Morgan fingerprint density at radius 1 is 1.19 bits per heavy atom. The van der Waals surface area contributed by atoms with Crippen molar-refractivity contribution in [2.24, 2.45) is 5.92 Å². The summed E-state index contributed by atoms with van der Waals surface area (Å²) in [6.07, 6.45) is 1.16. The Morgan fingerprint density at radius 3 is 2.31 bits per heavy atom. The van der Waals surface area contributed by atoms with Crippen molar-refractivity contribution in [2.45, 2.75) is 45.4 Å². The van der Waals surface area contributed by atoms with Gasteiger partial charge in [-0.3, -0.25) is 9.59 Å². The van der Waals surface area contributed by atoms with Crippen molar-refractivity contribution >= 4 is 21.9 Å². The van der Waals surface area contributed by atoms with Crippen LogP contribution in [-0.2, 0) is 14.8 Å². The van der Waals surface area contributed by atoms with Crippen LogP contribution in [0.3, 0.4) is 0 Å². The molecule has 0 aliphatic rings. The van der Waals surface area contributed by atoms with Crippen LogP contribution in [0.15, 0.2) is 23.1 Å². The number of rotatable bonds is 10. The maximum Gasteiger partial charge on any atom is 0.308 e. The lowest BCUT2D eigenvalue weighted by molar-refractivity contribution is -0.141. The first-order valence-corrected chi connectivity index (χ1v) is 10.2. The number of carboxylic acids is 1. The number of amides is 1. The van der Waals surface area contributed by atoms with Gasteiger partial charge in [-0.15, -0.1) is 0 Å². The Bertz CT molecular complexity index is 742. The Morgan fingerprint density at radius 2 is 1.81 bits per heavy atom. The lowest BCUT2D eigenvalue weighted by Gasteiger charge is -2.19. The maximum atomic E-state index is 12.6. The van der Waals surface area contributed by atoms with E-state index in [0.29, 0.717) is 31.5 Å². The van der Waals surface area contributed by atoms with Crippen molar-refractivity contribution in [2.75, 3.05) is 19.6 Å². The van der Waals surface area contributed by atoms with Crippen molar-refractivity contribution < 1.29 is 23.1 Å². The molecule has 1 aromatic rings. The van der Waals surface area contributed by atoms with Crippen molar-refractivity contribution in [3.8, 4) is 0 Å². The molecule has 8 heteroatoms. The lowest BCUT2D eigenvalue weighted by Crippen LogP contribution is -2.34. The van der Waals surface area contributed by atoms with E-state index in [4.69, 9.17) is 0 Å². The van der Waals surface area contributed by atoms with Crippen LogP contribution < -0.4 is 5.32 Å². The number of benzene rings is 1. The highest BCUT2D eigenvalue weighted by atomic mass is 32.2. The molecule has 146 valence electrons. The zero-order valence-electron chi connectivity index (χ0n) is 15.8. The number of hydrogen-bond acceptors (Lipinski definition) is 4. The molecule has 0 bridgehead atoms. The predicted octanol–water partition coefficient (Wildman–Crippen LogP) is 2.26. The summed E-state index contributed by atoms with van der Waals surface area (Å²) in [6, 6.07) is 4.43. The molecule has 1 aromatic carbocycles. The zero-order valence-corrected chi connectivity index (χ0v) is 16.6. The number of nitrogens with one attached hydrogen (secondary N) is 1. The normalized spacial score (nSPS) is 12.8. The molecule has 2 N–H and O–H groups in total. The second kappa shape index (κ2) is 9.68. The van der Waals surface area contributed by atoms with Crippen LogP contribution in [0.5, 0.6) is 0 Å². The quantitative estimate of drug-likeness (QED) is 0.644. The van der Waals surface area contributed by atoms with E-state index in [1.54, 1.807) is 26.8 Å². The summed E-state index contributed by atoms with van der Waals surface area (Å²) < 4.78 is 26.6. The molecule has 1 amide bonds. The number of nitrogens with zero attached hydrogens (tertiary/aromatic N) is 1. The van der Waals surface area contributed by atoms with Crippen LogP contribution in [0.4, 0.5) is 0 Å². The Kier molecular flexibility index (Phi) is 8.23. The molecule has 1 atom stereocenters. The zero-order chi connectivity index (χ0) is 19.9. The first-order chi connectivity index (χ1) is 12.2. The van der Waals surface area contributed by atoms with Gasteiger partial charge in [0.15, 0.2) is 0 Å². The number of carbonyl (C=O) groups is 2. The van der Waals surface area contributed by atoms with Crippen LogP contribution >= 0.6 is 0 Å². The van der Waals surface area contributed by atoms with Gasteiger partial charge < -0.3 is 10.4 Å². The molecule has 0 aliphatic carbocycles. The van der Waals surface area contributed by atoms with Crippen LogP contribution in [0, 0.1) is 12.8 Å². The standard InChI is InChI=1S/C18H28N2O5S/c1-5-8-14(18(22)23)12-19-17(21)16-11-15(10-9-13(16)4)26(24,25)20(6-2)7-3/h9-11,14H,5-8,12H2,1-4H3,(H,19,21)(H,22,23). The summed E-state index contributed by atoms with van der Waals surface area (Å²) in [5.74, 6) is -2.09. The van der Waals surface area contributed by atoms with E-state index in [1.165, 1.54) is 16.4 Å². The molecule has 1 rings (SSSR count). The van der Waals surface area contributed by atoms with Crippen LogP contribution in [0.2, 0.25) is 0 Å². The fraction of sp³-hybridized carbons (Fsp3) is 0.556. The molecule has 0 saturated heterocycles. The van der Waals surface area contributed by atoms with Crippen LogP contribution in [0.1, 0.15) is 49.5 Å². The minimum Gasteiger partial charge on any atom is -0.481 e. The summed E-state index contributed by atoms with van der Waals surface area (Å²) in [5, 5.41) is 11.8. The van der Waals surface area contributed by atoms with Gasteiger partial charge in [-0.1, -0.05) is 33.3 Å². The lowest BCUT2D eigenvalue weighted by atomic mass is 10.0. The molecule has 0 aromatic heterocycles. The van der Waals surface area contributed by atoms with Crippen molar-refractivity contribution in [1.82, 2.24) is 9.62 Å².